The number of carbonyl (C=O) groups excluding carboxylic acids is 1. The molecule has 1 amide bonds. The molecule has 6 heteroatoms. The Morgan fingerprint density at radius 2 is 1.74 bits per heavy atom. The molecule has 5 nitrogen and oxygen atoms in total. The van der Waals surface area contributed by atoms with E-state index in [1.54, 1.807) is 49.5 Å². The molecule has 116 valence electrons. The number of carbonyl (C=O) groups is 1. The molecule has 0 aliphatic heterocycles. The van der Waals surface area contributed by atoms with Crippen LogP contribution in [0.2, 0.25) is 5.02 Å². The van der Waals surface area contributed by atoms with Crippen LogP contribution >= 0.6 is 11.6 Å². The van der Waals surface area contributed by atoms with Crippen LogP contribution in [0.4, 0.5) is 11.4 Å². The van der Waals surface area contributed by atoms with E-state index in [4.69, 9.17) is 16.0 Å². The van der Waals surface area contributed by atoms with Crippen LogP contribution in [-0.4, -0.2) is 13.0 Å². The Morgan fingerprint density at radius 3 is 2.48 bits per heavy atom. The van der Waals surface area contributed by atoms with Gasteiger partial charge in [0.15, 0.2) is 5.69 Å². The van der Waals surface area contributed by atoms with Crippen LogP contribution in [0.25, 0.3) is 11.0 Å². The molecule has 1 aromatic heterocycles. The van der Waals surface area contributed by atoms with Crippen LogP contribution in [0.5, 0.6) is 0 Å². The third-order valence-corrected chi connectivity index (χ3v) is 3.75. The lowest BCUT2D eigenvalue weighted by Gasteiger charge is -2.12. The summed E-state index contributed by atoms with van der Waals surface area (Å²) < 4.78 is 5.26. The van der Waals surface area contributed by atoms with Crippen molar-refractivity contribution < 1.29 is 9.21 Å². The fourth-order valence-electron chi connectivity index (χ4n) is 2.35. The van der Waals surface area contributed by atoms with E-state index in [9.17, 15) is 9.59 Å². The Kier molecular flexibility index (Phi) is 4.04. The molecule has 3 rings (SSSR count). The van der Waals surface area contributed by atoms with Crippen LogP contribution in [0.3, 0.4) is 0 Å². The molecule has 0 saturated heterocycles. The maximum Gasteiger partial charge on any atom is 0.362 e. The van der Waals surface area contributed by atoms with Gasteiger partial charge in [-0.15, -0.1) is 0 Å². The number of nitrogens with one attached hydrogen (secondary N) is 2. The number of benzene rings is 2. The minimum absolute atomic E-state index is 0.0520. The van der Waals surface area contributed by atoms with Gasteiger partial charge in [0.2, 0.25) is 0 Å². The lowest BCUT2D eigenvalue weighted by atomic mass is 10.1. The molecule has 0 bridgehead atoms. The maximum atomic E-state index is 12.4. The summed E-state index contributed by atoms with van der Waals surface area (Å²) in [4.78, 5) is 24.6. The van der Waals surface area contributed by atoms with Crippen molar-refractivity contribution in [2.45, 2.75) is 0 Å². The Bertz CT molecular complexity index is 950. The van der Waals surface area contributed by atoms with Gasteiger partial charge in [0.1, 0.15) is 5.58 Å². The van der Waals surface area contributed by atoms with E-state index in [1.807, 2.05) is 6.07 Å². The highest BCUT2D eigenvalue weighted by Gasteiger charge is 2.18. The standard InChI is InChI=1S/C17H13ClN2O3/c1-19-14-11-7-3-5-9-13(11)23-17(22)15(14)20-16(21)10-6-2-4-8-12(10)18/h2-9,19H,1H3,(H,20,21). The third-order valence-electron chi connectivity index (χ3n) is 3.42. The third kappa shape index (κ3) is 2.78. The summed E-state index contributed by atoms with van der Waals surface area (Å²) >= 11 is 6.02. The van der Waals surface area contributed by atoms with Crippen LogP contribution in [-0.2, 0) is 0 Å². The van der Waals surface area contributed by atoms with Gasteiger partial charge in [0, 0.05) is 12.4 Å². The second-order valence-corrected chi connectivity index (χ2v) is 5.23. The number of halogens is 1. The number of rotatable bonds is 3. The molecule has 0 atom stereocenters. The summed E-state index contributed by atoms with van der Waals surface area (Å²) in [6.07, 6.45) is 0. The first-order valence-corrected chi connectivity index (χ1v) is 7.29. The summed E-state index contributed by atoms with van der Waals surface area (Å²) in [6, 6.07) is 13.7. The minimum Gasteiger partial charge on any atom is -0.421 e. The molecular formula is C17H13ClN2O3. The van der Waals surface area contributed by atoms with Crippen LogP contribution in [0, 0.1) is 0 Å². The SMILES string of the molecule is CNc1c(NC(=O)c2ccccc2Cl)c(=O)oc2ccccc12. The average Bonchev–Trinajstić information content (AvgIpc) is 2.55. The Hall–Kier alpha value is -2.79. The van der Waals surface area contributed by atoms with E-state index < -0.39 is 11.5 Å². The molecule has 1 heterocycles. The number of para-hydroxylation sites is 1. The molecule has 23 heavy (non-hydrogen) atoms. The van der Waals surface area contributed by atoms with E-state index in [-0.39, 0.29) is 11.3 Å². The van der Waals surface area contributed by atoms with Crippen LogP contribution in [0.15, 0.2) is 57.7 Å². The summed E-state index contributed by atoms with van der Waals surface area (Å²) in [6.45, 7) is 0. The smallest absolute Gasteiger partial charge is 0.362 e. The monoisotopic (exact) mass is 328 g/mol. The van der Waals surface area contributed by atoms with Crippen LogP contribution < -0.4 is 16.3 Å². The van der Waals surface area contributed by atoms with Gasteiger partial charge in [-0.2, -0.15) is 0 Å². The molecule has 0 aliphatic rings. The fraction of sp³-hybridized carbons (Fsp3) is 0.0588. The van der Waals surface area contributed by atoms with Crippen molar-refractivity contribution >= 4 is 39.9 Å². The second-order valence-electron chi connectivity index (χ2n) is 4.82. The summed E-state index contributed by atoms with van der Waals surface area (Å²) in [5.74, 6) is -0.477. The second kappa shape index (κ2) is 6.14. The number of hydrogen-bond acceptors (Lipinski definition) is 4. The van der Waals surface area contributed by atoms with E-state index in [1.165, 1.54) is 0 Å². The van der Waals surface area contributed by atoms with Crippen molar-refractivity contribution in [2.24, 2.45) is 0 Å². The summed E-state index contributed by atoms with van der Waals surface area (Å²) in [7, 11) is 1.67. The van der Waals surface area contributed by atoms with Crippen molar-refractivity contribution in [1.29, 1.82) is 0 Å². The Balaban J connectivity index is 2.10. The lowest BCUT2D eigenvalue weighted by molar-refractivity contribution is 0.102. The van der Waals surface area contributed by atoms with Gasteiger partial charge in [-0.3, -0.25) is 4.79 Å². The number of fused-ring (bicyclic) bond motifs is 1. The first kappa shape index (κ1) is 15.1. The highest BCUT2D eigenvalue weighted by atomic mass is 35.5. The van der Waals surface area contributed by atoms with E-state index in [2.05, 4.69) is 10.6 Å². The first-order chi connectivity index (χ1) is 11.1. The quantitative estimate of drug-likeness (QED) is 0.718. The largest absolute Gasteiger partial charge is 0.421 e. The highest BCUT2D eigenvalue weighted by Crippen LogP contribution is 2.28. The molecule has 2 N–H and O–H groups in total. The number of anilines is 2. The molecular weight excluding hydrogens is 316 g/mol. The zero-order valence-electron chi connectivity index (χ0n) is 12.2. The molecule has 0 radical (unpaired) electrons. The normalized spacial score (nSPS) is 10.5. The molecule has 2 aromatic carbocycles. The predicted molar refractivity (Wildman–Crippen MR) is 91.4 cm³/mol. The van der Waals surface area contributed by atoms with Gasteiger partial charge in [0.05, 0.1) is 16.3 Å². The van der Waals surface area contributed by atoms with Gasteiger partial charge < -0.3 is 15.1 Å². The Morgan fingerprint density at radius 1 is 1.04 bits per heavy atom. The summed E-state index contributed by atoms with van der Waals surface area (Å²) in [5.41, 5.74) is 0.642. The topological polar surface area (TPSA) is 71.3 Å². The van der Waals surface area contributed by atoms with Crippen molar-refractivity contribution in [3.05, 3.63) is 69.5 Å². The van der Waals surface area contributed by atoms with Crippen LogP contribution in [0.1, 0.15) is 10.4 Å². The van der Waals surface area contributed by atoms with Crippen molar-refractivity contribution in [3.8, 4) is 0 Å². The van der Waals surface area contributed by atoms with Gasteiger partial charge in [0.25, 0.3) is 5.91 Å². The predicted octanol–water partition coefficient (Wildman–Crippen LogP) is 3.74. The fourth-order valence-corrected chi connectivity index (χ4v) is 2.57. The van der Waals surface area contributed by atoms with Gasteiger partial charge >= 0.3 is 5.63 Å². The van der Waals surface area contributed by atoms with E-state index in [0.717, 1.165) is 0 Å². The first-order valence-electron chi connectivity index (χ1n) is 6.91. The lowest BCUT2D eigenvalue weighted by Crippen LogP contribution is -2.20. The molecule has 0 unspecified atom stereocenters. The molecule has 0 spiro atoms. The molecule has 0 saturated carbocycles. The van der Waals surface area contributed by atoms with Gasteiger partial charge in [-0.25, -0.2) is 4.79 Å². The van der Waals surface area contributed by atoms with Crippen molar-refractivity contribution in [2.75, 3.05) is 17.7 Å². The summed E-state index contributed by atoms with van der Waals surface area (Å²) in [5, 5.41) is 6.53. The molecule has 0 aliphatic carbocycles. The van der Waals surface area contributed by atoms with E-state index >= 15 is 0 Å². The van der Waals surface area contributed by atoms with Gasteiger partial charge in [-0.1, -0.05) is 35.9 Å². The van der Waals surface area contributed by atoms with E-state index in [0.29, 0.717) is 21.7 Å². The molecule has 0 fully saturated rings. The zero-order valence-corrected chi connectivity index (χ0v) is 13.0. The number of amides is 1. The molecule has 3 aromatic rings. The zero-order chi connectivity index (χ0) is 16.4. The highest BCUT2D eigenvalue weighted by molar-refractivity contribution is 6.34. The Labute approximate surface area is 136 Å². The average molecular weight is 329 g/mol. The van der Waals surface area contributed by atoms with Crippen molar-refractivity contribution in [3.63, 3.8) is 0 Å². The van der Waals surface area contributed by atoms with Gasteiger partial charge in [-0.05, 0) is 24.3 Å². The number of hydrogen-bond donors (Lipinski definition) is 2. The van der Waals surface area contributed by atoms with Crippen molar-refractivity contribution in [1.82, 2.24) is 0 Å². The maximum absolute atomic E-state index is 12.4. The minimum atomic E-state index is -0.631.